The summed E-state index contributed by atoms with van der Waals surface area (Å²) in [5, 5.41) is 10.0. The van der Waals surface area contributed by atoms with E-state index in [0.717, 1.165) is 72.6 Å². The van der Waals surface area contributed by atoms with E-state index < -0.39 is 0 Å². The van der Waals surface area contributed by atoms with Crippen molar-refractivity contribution in [3.63, 3.8) is 0 Å². The van der Waals surface area contributed by atoms with Gasteiger partial charge in [0.15, 0.2) is 5.82 Å². The second-order valence-corrected chi connectivity index (χ2v) is 14.0. The van der Waals surface area contributed by atoms with Crippen molar-refractivity contribution in [2.75, 3.05) is 0 Å². The highest BCUT2D eigenvalue weighted by Crippen LogP contribution is 2.51. The molecule has 4 nitrogen and oxygen atoms in total. The molecular weight excluding hydrogens is 645 g/mol. The van der Waals surface area contributed by atoms with E-state index in [1.54, 1.807) is 0 Å². The second kappa shape index (κ2) is 13.0. The van der Waals surface area contributed by atoms with Crippen LogP contribution >= 0.6 is 0 Å². The van der Waals surface area contributed by atoms with Crippen molar-refractivity contribution in [2.45, 2.75) is 19.3 Å². The van der Waals surface area contributed by atoms with Gasteiger partial charge < -0.3 is 0 Å². The van der Waals surface area contributed by atoms with Crippen molar-refractivity contribution >= 4 is 0 Å². The minimum Gasteiger partial charge on any atom is -0.265 e. The summed E-state index contributed by atoms with van der Waals surface area (Å²) in [6, 6.07) is 57.3. The Balaban J connectivity index is 1.21. The number of nitriles is 1. The highest BCUT2D eigenvalue weighted by molar-refractivity contribution is 5.87. The molecule has 53 heavy (non-hydrogen) atoms. The normalized spacial score (nSPS) is 12.5. The van der Waals surface area contributed by atoms with Gasteiger partial charge in [-0.3, -0.25) is 4.98 Å². The molecule has 0 fully saturated rings. The predicted octanol–water partition coefficient (Wildman–Crippen LogP) is 12.1. The molecule has 0 spiro atoms. The van der Waals surface area contributed by atoms with E-state index in [-0.39, 0.29) is 5.41 Å². The molecule has 1 aliphatic carbocycles. The zero-order valence-electron chi connectivity index (χ0n) is 29.5. The van der Waals surface area contributed by atoms with Crippen LogP contribution in [0.1, 0.15) is 30.5 Å². The van der Waals surface area contributed by atoms with E-state index in [0.29, 0.717) is 5.82 Å². The van der Waals surface area contributed by atoms with Crippen LogP contribution < -0.4 is 0 Å². The van der Waals surface area contributed by atoms with Gasteiger partial charge >= 0.3 is 0 Å². The molecule has 9 rings (SSSR count). The molecular formula is C49H34N4. The Morgan fingerprint density at radius 3 is 1.72 bits per heavy atom. The standard InChI is InChI=1S/C49H34N4/c1-49(2)44-29-37(20-21-42(44)43-15-9-14-38(31-50)47(43)49)40-26-39(34-22-24-51-25-23-34)27-41(28-40)46-30-45(52-48(53-46)36-12-7-4-8-13-36)35-18-16-33(17-19-35)32-10-5-3-6-11-32/h3-30H,1-2H3. The Labute approximate surface area is 309 Å². The molecule has 1 aliphatic rings. The summed E-state index contributed by atoms with van der Waals surface area (Å²) >= 11 is 0. The van der Waals surface area contributed by atoms with Crippen LogP contribution in [0.5, 0.6) is 0 Å². The van der Waals surface area contributed by atoms with E-state index in [1.807, 2.05) is 60.9 Å². The maximum atomic E-state index is 10.0. The van der Waals surface area contributed by atoms with Crippen LogP contribution in [0.15, 0.2) is 170 Å². The van der Waals surface area contributed by atoms with Crippen molar-refractivity contribution in [1.82, 2.24) is 15.0 Å². The molecule has 0 N–H and O–H groups in total. The Bertz CT molecular complexity index is 2670. The smallest absolute Gasteiger partial charge is 0.160 e. The Morgan fingerprint density at radius 2 is 1.02 bits per heavy atom. The van der Waals surface area contributed by atoms with Gasteiger partial charge in [-0.1, -0.05) is 123 Å². The molecule has 0 atom stereocenters. The quantitative estimate of drug-likeness (QED) is 0.176. The third kappa shape index (κ3) is 5.79. The zero-order chi connectivity index (χ0) is 35.9. The summed E-state index contributed by atoms with van der Waals surface area (Å²) in [6.07, 6.45) is 3.66. The average Bonchev–Trinajstić information content (AvgIpc) is 3.47. The minimum absolute atomic E-state index is 0.319. The SMILES string of the molecule is CC1(C)c2cc(-c3cc(-c4ccncc4)cc(-c4cc(-c5ccc(-c6ccccc6)cc5)nc(-c5ccccc5)n4)c3)ccc2-c2cccc(C#N)c21. The summed E-state index contributed by atoms with van der Waals surface area (Å²) in [7, 11) is 0. The van der Waals surface area contributed by atoms with Crippen molar-refractivity contribution in [1.29, 1.82) is 5.26 Å². The Kier molecular flexibility index (Phi) is 7.83. The van der Waals surface area contributed by atoms with Crippen LogP contribution in [-0.2, 0) is 5.41 Å². The highest BCUT2D eigenvalue weighted by atomic mass is 14.9. The first-order valence-corrected chi connectivity index (χ1v) is 17.8. The zero-order valence-corrected chi connectivity index (χ0v) is 29.5. The van der Waals surface area contributed by atoms with E-state index >= 15 is 0 Å². The van der Waals surface area contributed by atoms with Crippen molar-refractivity contribution in [3.8, 4) is 84.5 Å². The molecule has 0 bridgehead atoms. The lowest BCUT2D eigenvalue weighted by Crippen LogP contribution is -2.16. The van der Waals surface area contributed by atoms with Crippen LogP contribution in [0.2, 0.25) is 0 Å². The first kappa shape index (κ1) is 32.0. The summed E-state index contributed by atoms with van der Waals surface area (Å²) in [6.45, 7) is 4.45. The van der Waals surface area contributed by atoms with E-state index in [1.165, 1.54) is 16.7 Å². The van der Waals surface area contributed by atoms with Gasteiger partial charge in [-0.15, -0.1) is 0 Å². The van der Waals surface area contributed by atoms with Crippen molar-refractivity contribution in [3.05, 3.63) is 187 Å². The molecule has 8 aromatic rings. The molecule has 250 valence electrons. The second-order valence-electron chi connectivity index (χ2n) is 14.0. The van der Waals surface area contributed by atoms with Gasteiger partial charge in [-0.05, 0) is 104 Å². The average molecular weight is 679 g/mol. The predicted molar refractivity (Wildman–Crippen MR) is 215 cm³/mol. The number of rotatable bonds is 6. The van der Waals surface area contributed by atoms with E-state index in [9.17, 15) is 5.26 Å². The lowest BCUT2D eigenvalue weighted by atomic mass is 9.79. The maximum absolute atomic E-state index is 10.0. The molecule has 0 unspecified atom stereocenters. The van der Waals surface area contributed by atoms with Gasteiger partial charge in [0.25, 0.3) is 0 Å². The molecule has 0 aliphatic heterocycles. The van der Waals surface area contributed by atoms with Gasteiger partial charge in [0.05, 0.1) is 23.0 Å². The van der Waals surface area contributed by atoms with Crippen LogP contribution in [0.25, 0.3) is 78.4 Å². The summed E-state index contributed by atoms with van der Waals surface area (Å²) in [4.78, 5) is 14.6. The van der Waals surface area contributed by atoms with Gasteiger partial charge in [-0.2, -0.15) is 5.26 Å². The third-order valence-electron chi connectivity index (χ3n) is 10.4. The molecule has 6 aromatic carbocycles. The largest absolute Gasteiger partial charge is 0.265 e. The fourth-order valence-electron chi connectivity index (χ4n) is 7.73. The van der Waals surface area contributed by atoms with E-state index in [4.69, 9.17) is 9.97 Å². The number of aromatic nitrogens is 3. The molecule has 2 aromatic heterocycles. The molecule has 0 radical (unpaired) electrons. The first-order chi connectivity index (χ1) is 26.0. The van der Waals surface area contributed by atoms with Gasteiger partial charge in [-0.25, -0.2) is 9.97 Å². The molecule has 2 heterocycles. The Morgan fingerprint density at radius 1 is 0.453 bits per heavy atom. The minimum atomic E-state index is -0.319. The topological polar surface area (TPSA) is 62.5 Å². The number of hydrogen-bond acceptors (Lipinski definition) is 4. The fourth-order valence-corrected chi connectivity index (χ4v) is 7.73. The molecule has 0 saturated heterocycles. The van der Waals surface area contributed by atoms with Crippen LogP contribution in [0.4, 0.5) is 0 Å². The summed E-state index contributed by atoms with van der Waals surface area (Å²) in [5.41, 5.74) is 16.4. The molecule has 4 heteroatoms. The summed E-state index contributed by atoms with van der Waals surface area (Å²) < 4.78 is 0. The lowest BCUT2D eigenvalue weighted by Gasteiger charge is -2.23. The van der Waals surface area contributed by atoms with Crippen LogP contribution in [-0.4, -0.2) is 15.0 Å². The monoisotopic (exact) mass is 678 g/mol. The van der Waals surface area contributed by atoms with Crippen molar-refractivity contribution < 1.29 is 0 Å². The van der Waals surface area contributed by atoms with Gasteiger partial charge in [0.1, 0.15) is 0 Å². The fraction of sp³-hybridized carbons (Fsp3) is 0.0612. The highest BCUT2D eigenvalue weighted by Gasteiger charge is 2.37. The van der Waals surface area contributed by atoms with E-state index in [2.05, 4.69) is 134 Å². The van der Waals surface area contributed by atoms with Gasteiger partial charge in [0.2, 0.25) is 0 Å². The molecule has 0 amide bonds. The first-order valence-electron chi connectivity index (χ1n) is 17.8. The molecule has 0 saturated carbocycles. The Hall–Kier alpha value is -6.96. The number of pyridine rings is 1. The van der Waals surface area contributed by atoms with Crippen LogP contribution in [0.3, 0.4) is 0 Å². The third-order valence-corrected chi connectivity index (χ3v) is 10.4. The summed E-state index contributed by atoms with van der Waals surface area (Å²) in [5.74, 6) is 0.673. The van der Waals surface area contributed by atoms with Crippen LogP contribution in [0, 0.1) is 11.3 Å². The number of benzene rings is 6. The number of nitrogens with zero attached hydrogens (tertiary/aromatic N) is 4. The van der Waals surface area contributed by atoms with Gasteiger partial charge in [0, 0.05) is 34.5 Å². The van der Waals surface area contributed by atoms with Crippen molar-refractivity contribution in [2.24, 2.45) is 0 Å². The lowest BCUT2D eigenvalue weighted by molar-refractivity contribution is 0.658. The maximum Gasteiger partial charge on any atom is 0.160 e. The number of hydrogen-bond donors (Lipinski definition) is 0. The number of fused-ring (bicyclic) bond motifs is 3.